The first kappa shape index (κ1) is 20.7. The summed E-state index contributed by atoms with van der Waals surface area (Å²) in [6.45, 7) is 1.15. The molecule has 1 aliphatic rings. The zero-order chi connectivity index (χ0) is 18.5. The average Bonchev–Trinajstić information content (AvgIpc) is 2.81. The van der Waals surface area contributed by atoms with Gasteiger partial charge < -0.3 is 39.4 Å². The van der Waals surface area contributed by atoms with Crippen molar-refractivity contribution in [3.05, 3.63) is 0 Å². The Bertz CT molecular complexity index is 441. The normalized spacial score (nSPS) is 30.5. The lowest BCUT2D eigenvalue weighted by Crippen LogP contribution is -2.48. The Morgan fingerprint density at radius 1 is 1.33 bits per heavy atom. The van der Waals surface area contributed by atoms with Gasteiger partial charge in [-0.2, -0.15) is 0 Å². The van der Waals surface area contributed by atoms with E-state index >= 15 is 0 Å². The lowest BCUT2D eigenvalue weighted by molar-refractivity contribution is -0.179. The molecule has 10 heteroatoms. The Morgan fingerprint density at radius 2 is 1.96 bits per heavy atom. The molecule has 0 bridgehead atoms. The van der Waals surface area contributed by atoms with Crippen LogP contribution in [0.1, 0.15) is 13.8 Å². The Kier molecular flexibility index (Phi) is 7.52. The lowest BCUT2D eigenvalue weighted by Gasteiger charge is -2.29. The molecule has 140 valence electrons. The van der Waals surface area contributed by atoms with Gasteiger partial charge in [-0.15, -0.1) is 0 Å². The molecule has 10 nitrogen and oxygen atoms in total. The Balaban J connectivity index is 2.85. The number of aliphatic hydroxyl groups is 4. The van der Waals surface area contributed by atoms with Crippen molar-refractivity contribution in [2.45, 2.75) is 44.6 Å². The molecule has 6 atom stereocenters. The van der Waals surface area contributed by atoms with E-state index in [1.807, 2.05) is 0 Å². The van der Waals surface area contributed by atoms with Crippen LogP contribution in [0.5, 0.6) is 0 Å². The summed E-state index contributed by atoms with van der Waals surface area (Å²) in [5.41, 5.74) is -1.57. The highest BCUT2D eigenvalue weighted by molar-refractivity contribution is 5.77. The number of ether oxygens (including phenoxy) is 4. The van der Waals surface area contributed by atoms with Crippen molar-refractivity contribution >= 4 is 11.9 Å². The predicted octanol–water partition coefficient (Wildman–Crippen LogP) is -2.45. The SMILES string of the molecule is COCC(O)[C@H]1O[C@H](O)[C@H](O)[C@H]1OC(=O)C(C)(CO)COC(C)=O. The Labute approximate surface area is 138 Å². The number of aliphatic hydroxyl groups excluding tert-OH is 4. The molecule has 0 aliphatic carbocycles. The van der Waals surface area contributed by atoms with Crippen molar-refractivity contribution < 1.29 is 49.0 Å². The molecule has 4 N–H and O–H groups in total. The molecule has 1 fully saturated rings. The number of carbonyl (C=O) groups excluding carboxylic acids is 2. The lowest BCUT2D eigenvalue weighted by atomic mass is 9.93. The zero-order valence-electron chi connectivity index (χ0n) is 13.7. The van der Waals surface area contributed by atoms with Gasteiger partial charge in [0.25, 0.3) is 0 Å². The highest BCUT2D eigenvalue weighted by Gasteiger charge is 2.50. The number of methoxy groups -OCH3 is 1. The summed E-state index contributed by atoms with van der Waals surface area (Å²) in [6.07, 6.45) is -7.14. The van der Waals surface area contributed by atoms with Crippen molar-refractivity contribution in [1.29, 1.82) is 0 Å². The van der Waals surface area contributed by atoms with Crippen molar-refractivity contribution in [2.24, 2.45) is 5.41 Å². The second-order valence-electron chi connectivity index (χ2n) is 5.87. The van der Waals surface area contributed by atoms with Crippen LogP contribution in [0.25, 0.3) is 0 Å². The van der Waals surface area contributed by atoms with E-state index in [0.29, 0.717) is 0 Å². The van der Waals surface area contributed by atoms with Gasteiger partial charge in [-0.25, -0.2) is 0 Å². The Morgan fingerprint density at radius 3 is 2.46 bits per heavy atom. The van der Waals surface area contributed by atoms with E-state index in [0.717, 1.165) is 6.92 Å². The van der Waals surface area contributed by atoms with Gasteiger partial charge in [0.1, 0.15) is 30.3 Å². The van der Waals surface area contributed by atoms with Gasteiger partial charge in [0.2, 0.25) is 0 Å². The standard InChI is InChI=1S/C14H24O10/c1-7(16)22-6-14(2,5-15)13(20)24-11-9(18)12(19)23-10(11)8(17)4-21-3/h8-12,15,17-19H,4-6H2,1-3H3/t8?,9-,10-,11-,12+,14?/m1/s1. The first-order valence-electron chi connectivity index (χ1n) is 7.30. The summed E-state index contributed by atoms with van der Waals surface area (Å²) in [5.74, 6) is -1.63. The van der Waals surface area contributed by atoms with Crippen molar-refractivity contribution in [2.75, 3.05) is 26.9 Å². The fourth-order valence-corrected chi connectivity index (χ4v) is 2.08. The second kappa shape index (κ2) is 8.70. The molecule has 1 saturated heterocycles. The first-order valence-corrected chi connectivity index (χ1v) is 7.30. The fourth-order valence-electron chi connectivity index (χ4n) is 2.08. The van der Waals surface area contributed by atoms with Gasteiger partial charge in [-0.05, 0) is 6.92 Å². The van der Waals surface area contributed by atoms with Gasteiger partial charge in [0.15, 0.2) is 12.4 Å². The van der Waals surface area contributed by atoms with E-state index in [2.05, 4.69) is 0 Å². The van der Waals surface area contributed by atoms with Crippen molar-refractivity contribution in [3.63, 3.8) is 0 Å². The van der Waals surface area contributed by atoms with Crippen molar-refractivity contribution in [1.82, 2.24) is 0 Å². The quantitative estimate of drug-likeness (QED) is 0.346. The first-order chi connectivity index (χ1) is 11.2. The minimum atomic E-state index is -1.66. The van der Waals surface area contributed by atoms with Gasteiger partial charge in [0, 0.05) is 14.0 Å². The van der Waals surface area contributed by atoms with E-state index in [9.17, 15) is 30.0 Å². The third-order valence-corrected chi connectivity index (χ3v) is 3.64. The molecule has 0 aromatic heterocycles. The van der Waals surface area contributed by atoms with Gasteiger partial charge >= 0.3 is 11.9 Å². The van der Waals surface area contributed by atoms with Crippen LogP contribution in [0.15, 0.2) is 0 Å². The van der Waals surface area contributed by atoms with Crippen LogP contribution in [-0.2, 0) is 28.5 Å². The summed E-state index contributed by atoms with van der Waals surface area (Å²) in [7, 11) is 1.33. The van der Waals surface area contributed by atoms with Crippen LogP contribution < -0.4 is 0 Å². The number of esters is 2. The van der Waals surface area contributed by atoms with Crippen LogP contribution in [0, 0.1) is 5.41 Å². The third-order valence-electron chi connectivity index (χ3n) is 3.64. The summed E-state index contributed by atoms with van der Waals surface area (Å²) < 4.78 is 19.6. The monoisotopic (exact) mass is 352 g/mol. The van der Waals surface area contributed by atoms with Crippen LogP contribution in [0.4, 0.5) is 0 Å². The number of hydrogen-bond acceptors (Lipinski definition) is 10. The minimum absolute atomic E-state index is 0.178. The molecule has 0 aromatic carbocycles. The van der Waals surface area contributed by atoms with Gasteiger partial charge in [0.05, 0.1) is 13.2 Å². The van der Waals surface area contributed by atoms with Gasteiger partial charge in [-0.1, -0.05) is 0 Å². The maximum Gasteiger partial charge on any atom is 0.318 e. The largest absolute Gasteiger partial charge is 0.465 e. The second-order valence-corrected chi connectivity index (χ2v) is 5.87. The number of carbonyl (C=O) groups is 2. The average molecular weight is 352 g/mol. The van der Waals surface area contributed by atoms with E-state index in [1.54, 1.807) is 0 Å². The molecule has 0 saturated carbocycles. The van der Waals surface area contributed by atoms with E-state index in [4.69, 9.17) is 18.9 Å². The molecule has 0 spiro atoms. The van der Waals surface area contributed by atoms with Gasteiger partial charge in [-0.3, -0.25) is 9.59 Å². The Hall–Kier alpha value is -1.30. The van der Waals surface area contributed by atoms with Crippen molar-refractivity contribution in [3.8, 4) is 0 Å². The number of hydrogen-bond donors (Lipinski definition) is 4. The maximum atomic E-state index is 12.3. The number of rotatable bonds is 8. The summed E-state index contributed by atoms with van der Waals surface area (Å²) >= 11 is 0. The summed E-state index contributed by atoms with van der Waals surface area (Å²) in [6, 6.07) is 0. The van der Waals surface area contributed by atoms with E-state index in [1.165, 1.54) is 14.0 Å². The molecule has 0 amide bonds. The smallest absolute Gasteiger partial charge is 0.318 e. The third kappa shape index (κ3) is 4.85. The highest BCUT2D eigenvalue weighted by Crippen LogP contribution is 2.28. The van der Waals surface area contributed by atoms with E-state index in [-0.39, 0.29) is 6.61 Å². The molecule has 1 rings (SSSR count). The molecule has 0 aromatic rings. The summed E-state index contributed by atoms with van der Waals surface area (Å²) in [5, 5.41) is 38.8. The maximum absolute atomic E-state index is 12.3. The molecule has 1 heterocycles. The van der Waals surface area contributed by atoms with Crippen LogP contribution in [0.3, 0.4) is 0 Å². The molecule has 1 aliphatic heterocycles. The molecule has 24 heavy (non-hydrogen) atoms. The fraction of sp³-hybridized carbons (Fsp3) is 0.857. The van der Waals surface area contributed by atoms with E-state index < -0.39 is 61.3 Å². The molecule has 2 unspecified atom stereocenters. The molecular formula is C14H24O10. The summed E-state index contributed by atoms with van der Waals surface area (Å²) in [4.78, 5) is 23.2. The van der Waals surface area contributed by atoms with Crippen LogP contribution >= 0.6 is 0 Å². The van der Waals surface area contributed by atoms with Crippen LogP contribution in [0.2, 0.25) is 0 Å². The molecule has 0 radical (unpaired) electrons. The zero-order valence-corrected chi connectivity index (χ0v) is 13.7. The van der Waals surface area contributed by atoms with Crippen LogP contribution in [-0.4, -0.2) is 90.0 Å². The highest BCUT2D eigenvalue weighted by atomic mass is 16.7. The topological polar surface area (TPSA) is 152 Å². The minimum Gasteiger partial charge on any atom is -0.465 e. The predicted molar refractivity (Wildman–Crippen MR) is 76.5 cm³/mol. The molecular weight excluding hydrogens is 328 g/mol.